The molecule has 1 aromatic carbocycles. The highest BCUT2D eigenvalue weighted by Gasteiger charge is 2.15. The van der Waals surface area contributed by atoms with Crippen LogP contribution in [0.4, 0.5) is 0 Å². The van der Waals surface area contributed by atoms with Crippen molar-refractivity contribution >= 4 is 15.7 Å². The highest BCUT2D eigenvalue weighted by Crippen LogP contribution is 2.13. The lowest BCUT2D eigenvalue weighted by Gasteiger charge is -2.07. The van der Waals surface area contributed by atoms with E-state index >= 15 is 0 Å². The second-order valence-electron chi connectivity index (χ2n) is 4.47. The van der Waals surface area contributed by atoms with Crippen LogP contribution < -0.4 is 11.1 Å². The molecule has 0 unspecified atom stereocenters. The Morgan fingerprint density at radius 1 is 1.50 bits per heavy atom. The van der Waals surface area contributed by atoms with Gasteiger partial charge in [0, 0.05) is 18.7 Å². The Labute approximate surface area is 118 Å². The first-order valence-corrected chi connectivity index (χ1v) is 7.68. The molecule has 20 heavy (non-hydrogen) atoms. The van der Waals surface area contributed by atoms with Gasteiger partial charge in [-0.3, -0.25) is 0 Å². The molecule has 1 aromatic rings. The van der Waals surface area contributed by atoms with Gasteiger partial charge < -0.3 is 16.3 Å². The first-order chi connectivity index (χ1) is 9.36. The van der Waals surface area contributed by atoms with Crippen molar-refractivity contribution in [2.45, 2.75) is 11.8 Å². The predicted molar refractivity (Wildman–Crippen MR) is 78.7 cm³/mol. The summed E-state index contributed by atoms with van der Waals surface area (Å²) in [5, 5.41) is 14.4. The molecule has 0 aliphatic carbocycles. The SMILES string of the molecule is C=C(C)CNCCS(=O)(=O)c1cccc(/C(N)=N/O)c1. The van der Waals surface area contributed by atoms with Gasteiger partial charge in [0.1, 0.15) is 0 Å². The number of hydrogen-bond acceptors (Lipinski definition) is 5. The van der Waals surface area contributed by atoms with Gasteiger partial charge in [-0.15, -0.1) is 0 Å². The monoisotopic (exact) mass is 297 g/mol. The Hall–Kier alpha value is -1.86. The lowest BCUT2D eigenvalue weighted by atomic mass is 10.2. The van der Waals surface area contributed by atoms with Crippen molar-refractivity contribution in [3.63, 3.8) is 0 Å². The van der Waals surface area contributed by atoms with Crippen molar-refractivity contribution in [2.24, 2.45) is 10.9 Å². The Kier molecular flexibility index (Phi) is 5.72. The van der Waals surface area contributed by atoms with Gasteiger partial charge in [-0.25, -0.2) is 8.42 Å². The van der Waals surface area contributed by atoms with Crippen LogP contribution in [-0.4, -0.2) is 38.3 Å². The van der Waals surface area contributed by atoms with Gasteiger partial charge in [0.05, 0.1) is 10.6 Å². The van der Waals surface area contributed by atoms with Crippen LogP contribution in [0.1, 0.15) is 12.5 Å². The topological polar surface area (TPSA) is 105 Å². The molecule has 0 fully saturated rings. The number of amidine groups is 1. The smallest absolute Gasteiger partial charge is 0.179 e. The summed E-state index contributed by atoms with van der Waals surface area (Å²) in [4.78, 5) is 0.152. The van der Waals surface area contributed by atoms with Crippen molar-refractivity contribution in [3.05, 3.63) is 42.0 Å². The van der Waals surface area contributed by atoms with Crippen LogP contribution in [0.5, 0.6) is 0 Å². The molecule has 0 saturated heterocycles. The van der Waals surface area contributed by atoms with Crippen LogP contribution >= 0.6 is 0 Å². The van der Waals surface area contributed by atoms with E-state index in [0.717, 1.165) is 5.57 Å². The molecule has 0 atom stereocenters. The molecule has 0 aliphatic rings. The van der Waals surface area contributed by atoms with Crippen molar-refractivity contribution < 1.29 is 13.6 Å². The summed E-state index contributed by atoms with van der Waals surface area (Å²) in [6.07, 6.45) is 0. The highest BCUT2D eigenvalue weighted by molar-refractivity contribution is 7.91. The van der Waals surface area contributed by atoms with Gasteiger partial charge in [0.15, 0.2) is 15.7 Å². The number of oxime groups is 1. The zero-order valence-electron chi connectivity index (χ0n) is 11.3. The second-order valence-corrected chi connectivity index (χ2v) is 6.57. The van der Waals surface area contributed by atoms with Crippen LogP contribution in [0, 0.1) is 0 Å². The zero-order valence-corrected chi connectivity index (χ0v) is 12.2. The van der Waals surface area contributed by atoms with Gasteiger partial charge in [0.2, 0.25) is 0 Å². The summed E-state index contributed by atoms with van der Waals surface area (Å²) in [6, 6.07) is 6.01. The number of sulfone groups is 1. The third kappa shape index (κ3) is 4.67. The standard InChI is InChI=1S/C13H19N3O3S/c1-10(2)9-15-6-7-20(18,19)12-5-3-4-11(8-12)13(14)16-17/h3-5,8,15,17H,1,6-7,9H2,2H3,(H2,14,16). The number of nitrogens with zero attached hydrogens (tertiary/aromatic N) is 1. The molecular formula is C13H19N3O3S. The maximum atomic E-state index is 12.1. The number of nitrogens with two attached hydrogens (primary N) is 1. The fourth-order valence-electron chi connectivity index (χ4n) is 1.53. The minimum Gasteiger partial charge on any atom is -0.409 e. The Morgan fingerprint density at radius 2 is 2.20 bits per heavy atom. The lowest BCUT2D eigenvalue weighted by Crippen LogP contribution is -2.24. The maximum Gasteiger partial charge on any atom is 0.179 e. The molecule has 0 saturated carbocycles. The summed E-state index contributed by atoms with van der Waals surface area (Å²) in [5.41, 5.74) is 6.75. The molecule has 0 heterocycles. The molecule has 110 valence electrons. The molecule has 7 heteroatoms. The molecule has 6 nitrogen and oxygen atoms in total. The quantitative estimate of drug-likeness (QED) is 0.172. The Balaban J connectivity index is 2.80. The minimum absolute atomic E-state index is 0.0279. The zero-order chi connectivity index (χ0) is 15.2. The summed E-state index contributed by atoms with van der Waals surface area (Å²) >= 11 is 0. The fraction of sp³-hybridized carbons (Fsp3) is 0.308. The van der Waals surface area contributed by atoms with E-state index < -0.39 is 9.84 Å². The summed E-state index contributed by atoms with van der Waals surface area (Å²) in [6.45, 7) is 6.51. The fourth-order valence-corrected chi connectivity index (χ4v) is 2.77. The van der Waals surface area contributed by atoms with E-state index in [1.165, 1.54) is 12.1 Å². The van der Waals surface area contributed by atoms with Crippen LogP contribution in [0.15, 0.2) is 46.5 Å². The van der Waals surface area contributed by atoms with E-state index in [4.69, 9.17) is 10.9 Å². The summed E-state index contributed by atoms with van der Waals surface area (Å²) in [7, 11) is -3.41. The second kappa shape index (κ2) is 7.06. The van der Waals surface area contributed by atoms with Crippen LogP contribution in [0.3, 0.4) is 0 Å². The predicted octanol–water partition coefficient (Wildman–Crippen LogP) is 0.720. The third-order valence-electron chi connectivity index (χ3n) is 2.57. The molecule has 0 aromatic heterocycles. The van der Waals surface area contributed by atoms with Crippen molar-refractivity contribution in [1.82, 2.24) is 5.32 Å². The molecule has 0 bridgehead atoms. The average molecular weight is 297 g/mol. The summed E-state index contributed by atoms with van der Waals surface area (Å²) < 4.78 is 24.3. The van der Waals surface area contributed by atoms with Crippen molar-refractivity contribution in [3.8, 4) is 0 Å². The average Bonchev–Trinajstić information content (AvgIpc) is 2.42. The first-order valence-electron chi connectivity index (χ1n) is 6.02. The Morgan fingerprint density at radius 3 is 2.80 bits per heavy atom. The van der Waals surface area contributed by atoms with Crippen molar-refractivity contribution in [2.75, 3.05) is 18.8 Å². The Bertz CT molecular complexity index is 609. The van der Waals surface area contributed by atoms with Crippen LogP contribution in [0.25, 0.3) is 0 Å². The number of benzene rings is 1. The normalized spacial score (nSPS) is 12.3. The minimum atomic E-state index is -3.41. The maximum absolute atomic E-state index is 12.1. The summed E-state index contributed by atoms with van der Waals surface area (Å²) in [5.74, 6) is -0.151. The van der Waals surface area contributed by atoms with E-state index in [-0.39, 0.29) is 16.5 Å². The highest BCUT2D eigenvalue weighted by atomic mass is 32.2. The van der Waals surface area contributed by atoms with E-state index in [0.29, 0.717) is 18.7 Å². The third-order valence-corrected chi connectivity index (χ3v) is 4.28. The molecular weight excluding hydrogens is 278 g/mol. The van der Waals surface area contributed by atoms with E-state index in [1.54, 1.807) is 12.1 Å². The number of rotatable bonds is 7. The molecule has 4 N–H and O–H groups in total. The first kappa shape index (κ1) is 16.2. The van der Waals surface area contributed by atoms with E-state index in [1.807, 2.05) is 6.92 Å². The molecule has 1 rings (SSSR count). The molecule has 0 spiro atoms. The van der Waals surface area contributed by atoms with Crippen LogP contribution in [0.2, 0.25) is 0 Å². The lowest BCUT2D eigenvalue weighted by molar-refractivity contribution is 0.318. The van der Waals surface area contributed by atoms with Gasteiger partial charge in [-0.2, -0.15) is 0 Å². The largest absolute Gasteiger partial charge is 0.409 e. The van der Waals surface area contributed by atoms with Gasteiger partial charge in [-0.05, 0) is 19.1 Å². The van der Waals surface area contributed by atoms with E-state index in [9.17, 15) is 8.42 Å². The van der Waals surface area contributed by atoms with Crippen LogP contribution in [-0.2, 0) is 9.84 Å². The van der Waals surface area contributed by atoms with Gasteiger partial charge >= 0.3 is 0 Å². The number of hydrogen-bond donors (Lipinski definition) is 3. The van der Waals surface area contributed by atoms with Crippen molar-refractivity contribution in [1.29, 1.82) is 0 Å². The molecule has 0 aliphatic heterocycles. The van der Waals surface area contributed by atoms with Gasteiger partial charge in [-0.1, -0.05) is 29.4 Å². The van der Waals surface area contributed by atoms with Gasteiger partial charge in [0.25, 0.3) is 0 Å². The molecule has 0 radical (unpaired) electrons. The van der Waals surface area contributed by atoms with E-state index in [2.05, 4.69) is 17.1 Å². The molecule has 0 amide bonds. The number of nitrogens with one attached hydrogen (secondary N) is 1.